The number of hydrogen-bond acceptors (Lipinski definition) is 2. The van der Waals surface area contributed by atoms with Gasteiger partial charge in [0, 0.05) is 16.9 Å². The zero-order valence-corrected chi connectivity index (χ0v) is 9.98. The van der Waals surface area contributed by atoms with Crippen LogP contribution in [-0.4, -0.2) is 5.78 Å². The molecule has 1 aromatic heterocycles. The monoisotopic (exact) mass is 252 g/mol. The minimum Gasteiger partial charge on any atom is -0.294 e. The maximum absolute atomic E-state index is 13.0. The van der Waals surface area contributed by atoms with E-state index < -0.39 is 11.6 Å². The van der Waals surface area contributed by atoms with Crippen LogP contribution < -0.4 is 0 Å². The van der Waals surface area contributed by atoms with E-state index in [0.717, 1.165) is 22.6 Å². The fourth-order valence-electron chi connectivity index (χ4n) is 1.51. The van der Waals surface area contributed by atoms with Crippen molar-refractivity contribution in [1.29, 1.82) is 0 Å². The zero-order valence-electron chi connectivity index (χ0n) is 9.17. The summed E-state index contributed by atoms with van der Waals surface area (Å²) in [5, 5.41) is 1.95. The van der Waals surface area contributed by atoms with Crippen molar-refractivity contribution in [2.75, 3.05) is 0 Å². The normalized spacial score (nSPS) is 10.5. The molecule has 4 heteroatoms. The molecule has 0 aliphatic carbocycles. The predicted octanol–water partition coefficient (Wildman–Crippen LogP) is 3.76. The second-order valence-electron chi connectivity index (χ2n) is 3.82. The van der Waals surface area contributed by atoms with Gasteiger partial charge in [0.2, 0.25) is 0 Å². The molecule has 1 nitrogen and oxygen atoms in total. The molecule has 2 rings (SSSR count). The number of Topliss-reactive ketones (excluding diaryl/α,β-unsaturated/α-hetero) is 1. The van der Waals surface area contributed by atoms with Crippen LogP contribution in [-0.2, 0) is 6.42 Å². The Balaban J connectivity index is 2.17. The third-order valence-corrected chi connectivity index (χ3v) is 3.42. The summed E-state index contributed by atoms with van der Waals surface area (Å²) in [5.41, 5.74) is 1.30. The predicted molar refractivity (Wildman–Crippen MR) is 63.4 cm³/mol. The Kier molecular flexibility index (Phi) is 3.33. The number of ketones is 1. The lowest BCUT2D eigenvalue weighted by Crippen LogP contribution is -2.03. The summed E-state index contributed by atoms with van der Waals surface area (Å²) in [4.78, 5) is 12.7. The SMILES string of the molecule is Cc1csc(CC(=O)c2ccc(F)c(F)c2)c1. The number of rotatable bonds is 3. The third-order valence-electron chi connectivity index (χ3n) is 2.36. The van der Waals surface area contributed by atoms with Crippen molar-refractivity contribution in [3.05, 3.63) is 57.3 Å². The molecule has 1 aromatic carbocycles. The van der Waals surface area contributed by atoms with Gasteiger partial charge in [-0.2, -0.15) is 0 Å². The Morgan fingerprint density at radius 1 is 1.24 bits per heavy atom. The van der Waals surface area contributed by atoms with Crippen molar-refractivity contribution in [1.82, 2.24) is 0 Å². The molecule has 0 unspecified atom stereocenters. The van der Waals surface area contributed by atoms with Crippen LogP contribution in [0.15, 0.2) is 29.6 Å². The third kappa shape index (κ3) is 2.77. The van der Waals surface area contributed by atoms with E-state index in [1.54, 1.807) is 0 Å². The minimum absolute atomic E-state index is 0.203. The number of carbonyl (C=O) groups excluding carboxylic acids is 1. The lowest BCUT2D eigenvalue weighted by Gasteiger charge is -2.00. The standard InChI is InChI=1S/C13H10F2OS/c1-8-4-10(17-7-8)6-13(16)9-2-3-11(14)12(15)5-9/h2-5,7H,6H2,1H3. The Morgan fingerprint density at radius 2 is 2.00 bits per heavy atom. The quantitative estimate of drug-likeness (QED) is 0.760. The number of thiophene rings is 1. The molecule has 2 aromatic rings. The molecule has 0 aliphatic rings. The summed E-state index contributed by atoms with van der Waals surface area (Å²) < 4.78 is 25.7. The summed E-state index contributed by atoms with van der Waals surface area (Å²) >= 11 is 1.49. The van der Waals surface area contributed by atoms with E-state index in [2.05, 4.69) is 0 Å². The van der Waals surface area contributed by atoms with Gasteiger partial charge in [-0.3, -0.25) is 4.79 Å². The molecule has 17 heavy (non-hydrogen) atoms. The van der Waals surface area contributed by atoms with Crippen LogP contribution in [0.2, 0.25) is 0 Å². The van der Waals surface area contributed by atoms with Crippen molar-refractivity contribution in [2.24, 2.45) is 0 Å². The van der Waals surface area contributed by atoms with Crippen molar-refractivity contribution in [2.45, 2.75) is 13.3 Å². The fourth-order valence-corrected chi connectivity index (χ4v) is 2.39. The molecular weight excluding hydrogens is 242 g/mol. The van der Waals surface area contributed by atoms with E-state index in [1.807, 2.05) is 18.4 Å². The maximum Gasteiger partial charge on any atom is 0.168 e. The minimum atomic E-state index is -0.988. The lowest BCUT2D eigenvalue weighted by molar-refractivity contribution is 0.0993. The highest BCUT2D eigenvalue weighted by Crippen LogP contribution is 2.17. The molecule has 0 bridgehead atoms. The van der Waals surface area contributed by atoms with Gasteiger partial charge in [0.05, 0.1) is 0 Å². The first kappa shape index (κ1) is 11.9. The van der Waals surface area contributed by atoms with E-state index in [4.69, 9.17) is 0 Å². The molecule has 1 heterocycles. The second kappa shape index (κ2) is 4.75. The highest BCUT2D eigenvalue weighted by molar-refractivity contribution is 7.10. The molecule has 0 saturated carbocycles. The maximum atomic E-state index is 13.0. The van der Waals surface area contributed by atoms with Gasteiger partial charge in [-0.15, -0.1) is 11.3 Å². The first-order chi connectivity index (χ1) is 8.06. The molecule has 0 radical (unpaired) electrons. The average molecular weight is 252 g/mol. The second-order valence-corrected chi connectivity index (χ2v) is 4.81. The van der Waals surface area contributed by atoms with E-state index in [-0.39, 0.29) is 17.8 Å². The molecule has 0 aliphatic heterocycles. The molecule has 88 valence electrons. The number of carbonyl (C=O) groups is 1. The van der Waals surface area contributed by atoms with E-state index >= 15 is 0 Å². The molecule has 0 atom stereocenters. The van der Waals surface area contributed by atoms with Crippen LogP contribution in [0, 0.1) is 18.6 Å². The summed E-state index contributed by atoms with van der Waals surface area (Å²) in [5.74, 6) is -2.13. The van der Waals surface area contributed by atoms with E-state index in [1.165, 1.54) is 17.4 Å². The topological polar surface area (TPSA) is 17.1 Å². The van der Waals surface area contributed by atoms with Crippen LogP contribution in [0.5, 0.6) is 0 Å². The number of aryl methyl sites for hydroxylation is 1. The van der Waals surface area contributed by atoms with Gasteiger partial charge in [0.25, 0.3) is 0 Å². The fraction of sp³-hybridized carbons (Fsp3) is 0.154. The van der Waals surface area contributed by atoms with Crippen LogP contribution in [0.4, 0.5) is 8.78 Å². The Bertz CT molecular complexity index is 560. The summed E-state index contributed by atoms with van der Waals surface area (Å²) in [6, 6.07) is 5.14. The van der Waals surface area contributed by atoms with Crippen LogP contribution >= 0.6 is 11.3 Å². The van der Waals surface area contributed by atoms with Gasteiger partial charge in [-0.05, 0) is 42.1 Å². The van der Waals surface area contributed by atoms with Crippen molar-refractivity contribution < 1.29 is 13.6 Å². The zero-order chi connectivity index (χ0) is 12.4. The van der Waals surface area contributed by atoms with E-state index in [9.17, 15) is 13.6 Å². The smallest absolute Gasteiger partial charge is 0.168 e. The van der Waals surface area contributed by atoms with Crippen LogP contribution in [0.25, 0.3) is 0 Å². The number of halogens is 2. The molecule has 0 N–H and O–H groups in total. The molecule has 0 amide bonds. The highest BCUT2D eigenvalue weighted by atomic mass is 32.1. The Hall–Kier alpha value is -1.55. The van der Waals surface area contributed by atoms with Crippen LogP contribution in [0.1, 0.15) is 20.8 Å². The summed E-state index contributed by atoms with van der Waals surface area (Å²) in [6.07, 6.45) is 0.226. The summed E-state index contributed by atoms with van der Waals surface area (Å²) in [6.45, 7) is 1.95. The number of hydrogen-bond donors (Lipinski definition) is 0. The van der Waals surface area contributed by atoms with Crippen molar-refractivity contribution in [3.8, 4) is 0 Å². The van der Waals surface area contributed by atoms with Gasteiger partial charge >= 0.3 is 0 Å². The molecule has 0 spiro atoms. The van der Waals surface area contributed by atoms with Crippen LogP contribution in [0.3, 0.4) is 0 Å². The largest absolute Gasteiger partial charge is 0.294 e. The number of benzene rings is 1. The lowest BCUT2D eigenvalue weighted by atomic mass is 10.1. The average Bonchev–Trinajstić information content (AvgIpc) is 2.68. The molecule has 0 fully saturated rings. The first-order valence-electron chi connectivity index (χ1n) is 5.08. The highest BCUT2D eigenvalue weighted by Gasteiger charge is 2.11. The van der Waals surface area contributed by atoms with Gasteiger partial charge in [-0.25, -0.2) is 8.78 Å². The van der Waals surface area contributed by atoms with E-state index in [0.29, 0.717) is 0 Å². The summed E-state index contributed by atoms with van der Waals surface area (Å²) in [7, 11) is 0. The van der Waals surface area contributed by atoms with Gasteiger partial charge in [0.1, 0.15) is 0 Å². The Labute approximate surface area is 102 Å². The molecule has 0 saturated heterocycles. The van der Waals surface area contributed by atoms with Gasteiger partial charge in [0.15, 0.2) is 17.4 Å². The molecular formula is C13H10F2OS. The Morgan fingerprint density at radius 3 is 2.59 bits per heavy atom. The van der Waals surface area contributed by atoms with Gasteiger partial charge < -0.3 is 0 Å². The first-order valence-corrected chi connectivity index (χ1v) is 5.96. The van der Waals surface area contributed by atoms with Gasteiger partial charge in [-0.1, -0.05) is 0 Å². The van der Waals surface area contributed by atoms with Crippen molar-refractivity contribution >= 4 is 17.1 Å². The van der Waals surface area contributed by atoms with Crippen molar-refractivity contribution in [3.63, 3.8) is 0 Å².